The first-order valence-corrected chi connectivity index (χ1v) is 5.76. The minimum atomic E-state index is 0.0763. The molecule has 4 heteroatoms. The number of thiazole rings is 1. The van der Waals surface area contributed by atoms with Gasteiger partial charge in [0.1, 0.15) is 5.01 Å². The number of hydrogen-bond acceptors (Lipinski definition) is 4. The highest BCUT2D eigenvalue weighted by Crippen LogP contribution is 2.23. The molecule has 0 amide bonds. The van der Waals surface area contributed by atoms with E-state index in [1.54, 1.807) is 11.3 Å². The van der Waals surface area contributed by atoms with Gasteiger partial charge in [0.05, 0.1) is 12.3 Å². The van der Waals surface area contributed by atoms with E-state index in [0.717, 1.165) is 23.7 Å². The number of aryl methyl sites for hydroxylation is 1. The van der Waals surface area contributed by atoms with Gasteiger partial charge in [0.2, 0.25) is 0 Å². The van der Waals surface area contributed by atoms with Gasteiger partial charge in [-0.05, 0) is 20.3 Å². The lowest BCUT2D eigenvalue weighted by molar-refractivity contribution is 0.121. The number of rotatable bonds is 5. The number of aromatic nitrogens is 1. The summed E-state index contributed by atoms with van der Waals surface area (Å²) in [7, 11) is 0. The summed E-state index contributed by atoms with van der Waals surface area (Å²) in [6.45, 7) is 7.49. The molecule has 0 spiro atoms. The number of ether oxygens (including phenoxy) is 1. The van der Waals surface area contributed by atoms with Crippen LogP contribution in [-0.2, 0) is 11.3 Å². The van der Waals surface area contributed by atoms with Crippen molar-refractivity contribution in [3.8, 4) is 0 Å². The van der Waals surface area contributed by atoms with Crippen molar-refractivity contribution in [2.75, 3.05) is 6.61 Å². The normalized spacial score (nSPS) is 13.1. The molecule has 0 aliphatic carbocycles. The van der Waals surface area contributed by atoms with Crippen LogP contribution in [0.25, 0.3) is 0 Å². The molecule has 1 rings (SSSR count). The van der Waals surface area contributed by atoms with Crippen LogP contribution in [-0.4, -0.2) is 11.6 Å². The van der Waals surface area contributed by atoms with Crippen LogP contribution in [0, 0.1) is 6.92 Å². The van der Waals surface area contributed by atoms with Crippen molar-refractivity contribution in [3.05, 3.63) is 15.6 Å². The fraction of sp³-hybridized carbons (Fsp3) is 0.700. The molecule has 14 heavy (non-hydrogen) atoms. The van der Waals surface area contributed by atoms with Crippen LogP contribution in [0.3, 0.4) is 0 Å². The molecule has 3 nitrogen and oxygen atoms in total. The Morgan fingerprint density at radius 3 is 2.79 bits per heavy atom. The van der Waals surface area contributed by atoms with E-state index in [4.69, 9.17) is 10.5 Å². The minimum absolute atomic E-state index is 0.0763. The van der Waals surface area contributed by atoms with Crippen molar-refractivity contribution in [3.63, 3.8) is 0 Å². The Balaban J connectivity index is 2.57. The van der Waals surface area contributed by atoms with Crippen molar-refractivity contribution in [2.24, 2.45) is 5.73 Å². The molecular weight excluding hydrogens is 196 g/mol. The van der Waals surface area contributed by atoms with Crippen molar-refractivity contribution < 1.29 is 4.74 Å². The summed E-state index contributed by atoms with van der Waals surface area (Å²) in [4.78, 5) is 5.58. The topological polar surface area (TPSA) is 48.1 Å². The number of nitrogens with zero attached hydrogens (tertiary/aromatic N) is 1. The van der Waals surface area contributed by atoms with Gasteiger partial charge in [-0.15, -0.1) is 11.3 Å². The molecule has 0 bridgehead atoms. The van der Waals surface area contributed by atoms with Crippen LogP contribution in [0.4, 0.5) is 0 Å². The van der Waals surface area contributed by atoms with Gasteiger partial charge >= 0.3 is 0 Å². The van der Waals surface area contributed by atoms with Crippen LogP contribution in [0.2, 0.25) is 0 Å². The Morgan fingerprint density at radius 2 is 2.29 bits per heavy atom. The predicted octanol–water partition coefficient (Wildman–Crippen LogP) is 2.40. The third-order valence-corrected chi connectivity index (χ3v) is 3.20. The van der Waals surface area contributed by atoms with E-state index >= 15 is 0 Å². The van der Waals surface area contributed by atoms with Crippen molar-refractivity contribution >= 4 is 11.3 Å². The summed E-state index contributed by atoms with van der Waals surface area (Å²) in [6.07, 6.45) is 1.05. The lowest BCUT2D eigenvalue weighted by Crippen LogP contribution is -2.03. The molecular formula is C10H18N2OS. The fourth-order valence-corrected chi connectivity index (χ4v) is 2.21. The average Bonchev–Trinajstić information content (AvgIpc) is 2.47. The standard InChI is InChI=1S/C10H18N2OS/c1-4-5-13-6-9-12-8(3)10(14-9)7(2)11/h7H,4-6,11H2,1-3H3. The Kier molecular flexibility index (Phi) is 4.51. The van der Waals surface area contributed by atoms with E-state index in [1.807, 2.05) is 13.8 Å². The molecule has 0 saturated carbocycles. The molecule has 1 aromatic heterocycles. The van der Waals surface area contributed by atoms with Crippen LogP contribution < -0.4 is 5.73 Å². The third kappa shape index (κ3) is 3.04. The van der Waals surface area contributed by atoms with E-state index in [9.17, 15) is 0 Å². The zero-order chi connectivity index (χ0) is 10.6. The maximum Gasteiger partial charge on any atom is 0.119 e. The van der Waals surface area contributed by atoms with Gasteiger partial charge in [-0.25, -0.2) is 4.98 Å². The van der Waals surface area contributed by atoms with Gasteiger partial charge in [-0.2, -0.15) is 0 Å². The van der Waals surface area contributed by atoms with E-state index in [0.29, 0.717) is 6.61 Å². The molecule has 80 valence electrons. The van der Waals surface area contributed by atoms with Gasteiger partial charge in [0, 0.05) is 17.5 Å². The van der Waals surface area contributed by atoms with E-state index in [-0.39, 0.29) is 6.04 Å². The Morgan fingerprint density at radius 1 is 1.57 bits per heavy atom. The summed E-state index contributed by atoms with van der Waals surface area (Å²) >= 11 is 1.66. The molecule has 1 atom stereocenters. The van der Waals surface area contributed by atoms with Crippen LogP contribution in [0.5, 0.6) is 0 Å². The minimum Gasteiger partial charge on any atom is -0.374 e. The molecule has 0 aliphatic rings. The van der Waals surface area contributed by atoms with Crippen molar-refractivity contribution in [1.29, 1.82) is 0 Å². The second kappa shape index (κ2) is 5.44. The molecule has 1 aromatic rings. The molecule has 0 aliphatic heterocycles. The Hall–Kier alpha value is -0.450. The van der Waals surface area contributed by atoms with Crippen LogP contribution in [0.1, 0.15) is 41.9 Å². The SMILES string of the molecule is CCCOCc1nc(C)c(C(C)N)s1. The summed E-state index contributed by atoms with van der Waals surface area (Å²) in [5.41, 5.74) is 6.85. The monoisotopic (exact) mass is 214 g/mol. The molecule has 2 N–H and O–H groups in total. The highest BCUT2D eigenvalue weighted by Gasteiger charge is 2.10. The van der Waals surface area contributed by atoms with E-state index in [1.165, 1.54) is 4.88 Å². The molecule has 0 aromatic carbocycles. The predicted molar refractivity (Wildman–Crippen MR) is 59.4 cm³/mol. The lowest BCUT2D eigenvalue weighted by Gasteiger charge is -2.00. The first-order chi connectivity index (χ1) is 6.65. The molecule has 0 fully saturated rings. The third-order valence-electron chi connectivity index (χ3n) is 1.86. The zero-order valence-corrected chi connectivity index (χ0v) is 9.86. The van der Waals surface area contributed by atoms with Gasteiger partial charge < -0.3 is 10.5 Å². The largest absolute Gasteiger partial charge is 0.374 e. The Bertz CT molecular complexity index is 284. The summed E-state index contributed by atoms with van der Waals surface area (Å²) in [5.74, 6) is 0. The van der Waals surface area contributed by atoms with Gasteiger partial charge in [-0.3, -0.25) is 0 Å². The van der Waals surface area contributed by atoms with E-state index in [2.05, 4.69) is 11.9 Å². The van der Waals surface area contributed by atoms with Gasteiger partial charge in [0.15, 0.2) is 0 Å². The van der Waals surface area contributed by atoms with Crippen molar-refractivity contribution in [2.45, 2.75) is 39.8 Å². The Labute approximate surface area is 89.3 Å². The van der Waals surface area contributed by atoms with E-state index < -0.39 is 0 Å². The average molecular weight is 214 g/mol. The smallest absolute Gasteiger partial charge is 0.119 e. The quantitative estimate of drug-likeness (QED) is 0.766. The van der Waals surface area contributed by atoms with Crippen LogP contribution in [0.15, 0.2) is 0 Å². The molecule has 1 heterocycles. The number of nitrogens with two attached hydrogens (primary N) is 1. The van der Waals surface area contributed by atoms with Gasteiger partial charge in [0.25, 0.3) is 0 Å². The van der Waals surface area contributed by atoms with Crippen molar-refractivity contribution in [1.82, 2.24) is 4.98 Å². The fourth-order valence-electron chi connectivity index (χ4n) is 1.25. The zero-order valence-electron chi connectivity index (χ0n) is 9.04. The summed E-state index contributed by atoms with van der Waals surface area (Å²) in [6, 6.07) is 0.0763. The maximum absolute atomic E-state index is 5.81. The second-order valence-electron chi connectivity index (χ2n) is 3.40. The second-order valence-corrected chi connectivity index (χ2v) is 4.51. The van der Waals surface area contributed by atoms with Crippen LogP contribution >= 0.6 is 11.3 Å². The number of hydrogen-bond donors (Lipinski definition) is 1. The first kappa shape index (κ1) is 11.6. The summed E-state index contributed by atoms with van der Waals surface area (Å²) < 4.78 is 5.42. The van der Waals surface area contributed by atoms with Gasteiger partial charge in [-0.1, -0.05) is 6.92 Å². The maximum atomic E-state index is 5.81. The molecule has 0 saturated heterocycles. The molecule has 0 radical (unpaired) electrons. The first-order valence-electron chi connectivity index (χ1n) is 4.94. The highest BCUT2D eigenvalue weighted by atomic mass is 32.1. The summed E-state index contributed by atoms with van der Waals surface area (Å²) in [5, 5.41) is 1.03. The molecule has 1 unspecified atom stereocenters. The lowest BCUT2D eigenvalue weighted by atomic mass is 10.2. The highest BCUT2D eigenvalue weighted by molar-refractivity contribution is 7.11.